The number of aromatic nitrogens is 3. The highest BCUT2D eigenvalue weighted by Crippen LogP contribution is 2.38. The lowest BCUT2D eigenvalue weighted by Gasteiger charge is -2.14. The molecular weight excluding hydrogens is 583 g/mol. The fraction of sp³-hybridized carbons (Fsp3) is 0. The van der Waals surface area contributed by atoms with Gasteiger partial charge in [-0.05, 0) is 84.9 Å². The van der Waals surface area contributed by atoms with E-state index in [1.54, 1.807) is 0 Å². The summed E-state index contributed by atoms with van der Waals surface area (Å²) in [6, 6.07) is 62.0. The van der Waals surface area contributed by atoms with Gasteiger partial charge >= 0.3 is 0 Å². The van der Waals surface area contributed by atoms with Crippen molar-refractivity contribution in [1.82, 2.24) is 15.0 Å². The fourth-order valence-corrected chi connectivity index (χ4v) is 6.58. The second kappa shape index (κ2) is 11.7. The average Bonchev–Trinajstić information content (AvgIpc) is 3.17. The van der Waals surface area contributed by atoms with Crippen LogP contribution in [0.2, 0.25) is 0 Å². The lowest BCUT2D eigenvalue weighted by atomic mass is 9.90. The molecular formula is C45H29N3. The van der Waals surface area contributed by atoms with E-state index in [1.165, 1.54) is 49.2 Å². The molecule has 9 aromatic rings. The summed E-state index contributed by atoms with van der Waals surface area (Å²) in [5, 5.41) is 7.23. The molecule has 8 aromatic carbocycles. The molecule has 0 aliphatic carbocycles. The van der Waals surface area contributed by atoms with Gasteiger partial charge in [0.25, 0.3) is 0 Å². The van der Waals surface area contributed by atoms with Crippen LogP contribution in [0, 0.1) is 0 Å². The van der Waals surface area contributed by atoms with Gasteiger partial charge in [-0.2, -0.15) is 0 Å². The Hall–Kier alpha value is -6.45. The zero-order valence-electron chi connectivity index (χ0n) is 26.1. The first-order valence-electron chi connectivity index (χ1n) is 16.2. The Morgan fingerprint density at radius 1 is 0.250 bits per heavy atom. The van der Waals surface area contributed by atoms with Crippen LogP contribution < -0.4 is 0 Å². The second-order valence-electron chi connectivity index (χ2n) is 12.1. The average molecular weight is 612 g/mol. The Kier molecular flexibility index (Phi) is 6.80. The predicted molar refractivity (Wildman–Crippen MR) is 200 cm³/mol. The summed E-state index contributed by atoms with van der Waals surface area (Å²) < 4.78 is 0. The summed E-state index contributed by atoms with van der Waals surface area (Å²) >= 11 is 0. The molecule has 0 unspecified atom stereocenters. The van der Waals surface area contributed by atoms with Crippen LogP contribution in [0.4, 0.5) is 0 Å². The van der Waals surface area contributed by atoms with Gasteiger partial charge in [-0.25, -0.2) is 15.0 Å². The Morgan fingerprint density at radius 3 is 1.29 bits per heavy atom. The molecule has 0 bridgehead atoms. The number of nitrogens with zero attached hydrogens (tertiary/aromatic N) is 3. The lowest BCUT2D eigenvalue weighted by Crippen LogP contribution is -2.00. The molecule has 0 saturated carbocycles. The van der Waals surface area contributed by atoms with Crippen LogP contribution >= 0.6 is 0 Å². The highest BCUT2D eigenvalue weighted by molar-refractivity contribution is 6.03. The Morgan fingerprint density at radius 2 is 0.688 bits per heavy atom. The van der Waals surface area contributed by atoms with E-state index in [4.69, 9.17) is 15.0 Å². The Balaban J connectivity index is 1.26. The minimum absolute atomic E-state index is 0.646. The van der Waals surface area contributed by atoms with Crippen molar-refractivity contribution in [3.05, 3.63) is 176 Å². The predicted octanol–water partition coefficient (Wildman–Crippen LogP) is 11.7. The molecule has 0 aliphatic heterocycles. The molecule has 0 radical (unpaired) electrons. The third kappa shape index (κ3) is 5.18. The third-order valence-electron chi connectivity index (χ3n) is 9.05. The summed E-state index contributed by atoms with van der Waals surface area (Å²) in [6.07, 6.45) is 0. The Bertz CT molecular complexity index is 2550. The maximum absolute atomic E-state index is 5.01. The molecule has 48 heavy (non-hydrogen) atoms. The SMILES string of the molecule is c1ccc(-c2nc(-c3ccccc3)nc(-c3ccc4c(-c5ccc6ccccc6c5)cc(-c5ccc6ccccc6c5)cc4c3)n2)cc1. The van der Waals surface area contributed by atoms with E-state index in [9.17, 15) is 0 Å². The molecule has 224 valence electrons. The van der Waals surface area contributed by atoms with Gasteiger partial charge in [-0.15, -0.1) is 0 Å². The van der Waals surface area contributed by atoms with E-state index in [0.29, 0.717) is 17.5 Å². The van der Waals surface area contributed by atoms with Crippen LogP contribution in [0.25, 0.3) is 88.7 Å². The second-order valence-corrected chi connectivity index (χ2v) is 12.1. The normalized spacial score (nSPS) is 11.3. The van der Waals surface area contributed by atoms with Crippen molar-refractivity contribution in [3.8, 4) is 56.4 Å². The molecule has 0 aliphatic rings. The van der Waals surface area contributed by atoms with Crippen LogP contribution in [-0.4, -0.2) is 15.0 Å². The van der Waals surface area contributed by atoms with Gasteiger partial charge < -0.3 is 0 Å². The number of rotatable bonds is 5. The van der Waals surface area contributed by atoms with Gasteiger partial charge in [-0.3, -0.25) is 0 Å². The van der Waals surface area contributed by atoms with Gasteiger partial charge in [0.05, 0.1) is 0 Å². The smallest absolute Gasteiger partial charge is 0.164 e. The summed E-state index contributed by atoms with van der Waals surface area (Å²) in [5.41, 5.74) is 7.58. The van der Waals surface area contributed by atoms with Gasteiger partial charge in [0.15, 0.2) is 17.5 Å². The first kappa shape index (κ1) is 27.8. The maximum Gasteiger partial charge on any atom is 0.164 e. The van der Waals surface area contributed by atoms with Gasteiger partial charge in [0.2, 0.25) is 0 Å². The fourth-order valence-electron chi connectivity index (χ4n) is 6.58. The number of hydrogen-bond acceptors (Lipinski definition) is 3. The zero-order valence-corrected chi connectivity index (χ0v) is 26.1. The molecule has 0 N–H and O–H groups in total. The highest BCUT2D eigenvalue weighted by Gasteiger charge is 2.15. The molecule has 0 fully saturated rings. The van der Waals surface area contributed by atoms with Crippen LogP contribution in [0.15, 0.2) is 176 Å². The van der Waals surface area contributed by atoms with Gasteiger partial charge in [-0.1, -0.05) is 146 Å². The maximum atomic E-state index is 5.01. The third-order valence-corrected chi connectivity index (χ3v) is 9.05. The van der Waals surface area contributed by atoms with Crippen molar-refractivity contribution in [2.45, 2.75) is 0 Å². The molecule has 9 rings (SSSR count). The minimum Gasteiger partial charge on any atom is -0.208 e. The number of hydrogen-bond donors (Lipinski definition) is 0. The largest absolute Gasteiger partial charge is 0.208 e. The van der Waals surface area contributed by atoms with Crippen molar-refractivity contribution in [1.29, 1.82) is 0 Å². The molecule has 0 saturated heterocycles. The molecule has 1 aromatic heterocycles. The Labute approximate surface area is 278 Å². The molecule has 0 amide bonds. The number of benzene rings is 8. The molecule has 0 atom stereocenters. The van der Waals surface area contributed by atoms with E-state index in [1.807, 2.05) is 60.7 Å². The van der Waals surface area contributed by atoms with E-state index in [2.05, 4.69) is 115 Å². The summed E-state index contributed by atoms with van der Waals surface area (Å²) in [6.45, 7) is 0. The summed E-state index contributed by atoms with van der Waals surface area (Å²) in [4.78, 5) is 14.9. The zero-order chi connectivity index (χ0) is 31.9. The van der Waals surface area contributed by atoms with Crippen molar-refractivity contribution >= 4 is 32.3 Å². The van der Waals surface area contributed by atoms with Crippen LogP contribution in [0.3, 0.4) is 0 Å². The van der Waals surface area contributed by atoms with Crippen molar-refractivity contribution in [2.24, 2.45) is 0 Å². The first-order chi connectivity index (χ1) is 23.7. The van der Waals surface area contributed by atoms with E-state index in [-0.39, 0.29) is 0 Å². The standard InChI is InChI=1S/C45H29N3/c1-3-13-32(14-4-1)43-46-44(33-15-5-2-6-16-33)48-45(47-43)38-23-24-41-40(27-38)28-39(36-21-19-30-11-7-9-17-34(30)25-36)29-42(41)37-22-20-31-12-8-10-18-35(31)26-37/h1-29H. The molecule has 0 spiro atoms. The minimum atomic E-state index is 0.646. The topological polar surface area (TPSA) is 38.7 Å². The van der Waals surface area contributed by atoms with Crippen LogP contribution in [0.5, 0.6) is 0 Å². The van der Waals surface area contributed by atoms with E-state index in [0.717, 1.165) is 22.1 Å². The van der Waals surface area contributed by atoms with E-state index >= 15 is 0 Å². The molecule has 3 heteroatoms. The molecule has 3 nitrogen and oxygen atoms in total. The van der Waals surface area contributed by atoms with Crippen LogP contribution in [0.1, 0.15) is 0 Å². The lowest BCUT2D eigenvalue weighted by molar-refractivity contribution is 1.07. The van der Waals surface area contributed by atoms with Crippen molar-refractivity contribution in [2.75, 3.05) is 0 Å². The summed E-state index contributed by atoms with van der Waals surface area (Å²) in [5.74, 6) is 1.95. The highest BCUT2D eigenvalue weighted by atomic mass is 15.0. The van der Waals surface area contributed by atoms with E-state index < -0.39 is 0 Å². The quantitative estimate of drug-likeness (QED) is 0.194. The van der Waals surface area contributed by atoms with Crippen LogP contribution in [-0.2, 0) is 0 Å². The monoisotopic (exact) mass is 611 g/mol. The number of fused-ring (bicyclic) bond motifs is 3. The van der Waals surface area contributed by atoms with Gasteiger partial charge in [0.1, 0.15) is 0 Å². The van der Waals surface area contributed by atoms with Crippen molar-refractivity contribution in [3.63, 3.8) is 0 Å². The van der Waals surface area contributed by atoms with Gasteiger partial charge in [0, 0.05) is 16.7 Å². The first-order valence-corrected chi connectivity index (χ1v) is 16.2. The summed E-state index contributed by atoms with van der Waals surface area (Å²) in [7, 11) is 0. The van der Waals surface area contributed by atoms with Crippen molar-refractivity contribution < 1.29 is 0 Å². The molecule has 1 heterocycles.